The lowest BCUT2D eigenvalue weighted by atomic mass is 10.1. The van der Waals surface area contributed by atoms with Crippen molar-refractivity contribution in [3.8, 4) is 0 Å². The van der Waals surface area contributed by atoms with Crippen LogP contribution in [0.5, 0.6) is 0 Å². The fourth-order valence-electron chi connectivity index (χ4n) is 4.04. The van der Waals surface area contributed by atoms with Gasteiger partial charge in [0, 0.05) is 0 Å². The van der Waals surface area contributed by atoms with Gasteiger partial charge >= 0.3 is 0 Å². The van der Waals surface area contributed by atoms with Crippen LogP contribution in [-0.4, -0.2) is 18.5 Å². The molecule has 0 aliphatic carbocycles. The van der Waals surface area contributed by atoms with Crippen LogP contribution in [0.3, 0.4) is 0 Å². The van der Waals surface area contributed by atoms with Gasteiger partial charge in [-0.2, -0.15) is 0 Å². The summed E-state index contributed by atoms with van der Waals surface area (Å²) in [6, 6.07) is 0. The molecule has 0 spiro atoms. The Kier molecular flexibility index (Phi) is 29.9. The maximum absolute atomic E-state index is 2.32. The normalized spacial score (nSPS) is 11.1. The highest BCUT2D eigenvalue weighted by molar-refractivity contribution is 7.57. The molecule has 0 heterocycles. The fraction of sp³-hybridized carbons (Fsp3) is 1.00. The van der Waals surface area contributed by atoms with E-state index in [1.165, 1.54) is 128 Å². The molecule has 0 bridgehead atoms. The van der Waals surface area contributed by atoms with Crippen LogP contribution in [-0.2, 0) is 0 Å². The molecule has 0 atom stereocenters. The minimum atomic E-state index is 0. The van der Waals surface area contributed by atoms with Crippen molar-refractivity contribution in [2.75, 3.05) is 18.5 Å². The van der Waals surface area contributed by atoms with Gasteiger partial charge in [-0.1, -0.05) is 130 Å². The van der Waals surface area contributed by atoms with Gasteiger partial charge in [-0.15, -0.1) is 7.92 Å². The molecule has 0 fully saturated rings. The lowest BCUT2D eigenvalue weighted by Crippen LogP contribution is -1.97. The first kappa shape index (κ1) is 30.6. The minimum absolute atomic E-state index is 0. The van der Waals surface area contributed by atoms with Gasteiger partial charge in [-0.05, 0) is 37.7 Å². The molecule has 2 heteroatoms. The third-order valence-corrected chi connectivity index (χ3v) is 8.83. The second-order valence-electron chi connectivity index (χ2n) is 8.85. The molecule has 28 heavy (non-hydrogen) atoms. The van der Waals surface area contributed by atoms with E-state index in [4.69, 9.17) is 0 Å². The molecule has 0 radical (unpaired) electrons. The maximum Gasteiger partial charge on any atom is -0.0326 e. The Bertz CT molecular complexity index is 241. The molecule has 0 aromatic rings. The summed E-state index contributed by atoms with van der Waals surface area (Å²) in [4.78, 5) is 0. The van der Waals surface area contributed by atoms with Crippen molar-refractivity contribution >= 4 is 7.92 Å². The average molecular weight is 416 g/mol. The number of rotatable bonds is 23. The summed E-state index contributed by atoms with van der Waals surface area (Å²) in [5, 5.41) is 0. The molecule has 0 unspecified atom stereocenters. The molecule has 0 aromatic heterocycles. The van der Waals surface area contributed by atoms with Crippen molar-refractivity contribution in [1.82, 2.24) is 6.15 Å². The van der Waals surface area contributed by atoms with E-state index >= 15 is 0 Å². The minimum Gasteiger partial charge on any atom is -0.344 e. The Hall–Kier alpha value is 0.390. The van der Waals surface area contributed by atoms with Crippen LogP contribution < -0.4 is 6.15 Å². The quantitative estimate of drug-likeness (QED) is 0.131. The topological polar surface area (TPSA) is 35.0 Å². The summed E-state index contributed by atoms with van der Waals surface area (Å²) < 4.78 is 0. The van der Waals surface area contributed by atoms with Crippen molar-refractivity contribution in [1.29, 1.82) is 0 Å². The third-order valence-electron chi connectivity index (χ3n) is 5.98. The lowest BCUT2D eigenvalue weighted by molar-refractivity contribution is 0.585. The highest BCUT2D eigenvalue weighted by Gasteiger charge is 2.08. The van der Waals surface area contributed by atoms with Gasteiger partial charge in [0.2, 0.25) is 0 Å². The van der Waals surface area contributed by atoms with Gasteiger partial charge in [-0.25, -0.2) is 0 Å². The molecule has 0 saturated carbocycles. The Morgan fingerprint density at radius 2 is 0.536 bits per heavy atom. The van der Waals surface area contributed by atoms with E-state index in [2.05, 4.69) is 20.8 Å². The summed E-state index contributed by atoms with van der Waals surface area (Å²) >= 11 is 0. The number of hydrogen-bond acceptors (Lipinski definition) is 1. The zero-order valence-corrected chi connectivity index (χ0v) is 21.3. The van der Waals surface area contributed by atoms with E-state index < -0.39 is 0 Å². The maximum atomic E-state index is 2.32. The lowest BCUT2D eigenvalue weighted by Gasteiger charge is -2.18. The van der Waals surface area contributed by atoms with E-state index in [-0.39, 0.29) is 6.15 Å². The second-order valence-corrected chi connectivity index (χ2v) is 11.5. The molecule has 0 amide bonds. The van der Waals surface area contributed by atoms with Gasteiger partial charge in [-0.3, -0.25) is 0 Å². The van der Waals surface area contributed by atoms with Crippen LogP contribution in [0, 0.1) is 0 Å². The van der Waals surface area contributed by atoms with Gasteiger partial charge < -0.3 is 6.15 Å². The monoisotopic (exact) mass is 415 g/mol. The molecule has 1 nitrogen and oxygen atoms in total. The highest BCUT2D eigenvalue weighted by Crippen LogP contribution is 2.39. The van der Waals surface area contributed by atoms with Crippen molar-refractivity contribution in [2.24, 2.45) is 0 Å². The smallest absolute Gasteiger partial charge is 0.0326 e. The van der Waals surface area contributed by atoms with E-state index in [0.29, 0.717) is 7.92 Å². The Morgan fingerprint density at radius 3 is 0.786 bits per heavy atom. The summed E-state index contributed by atoms with van der Waals surface area (Å²) in [7, 11) is 0.360. The van der Waals surface area contributed by atoms with E-state index in [0.717, 1.165) is 0 Å². The van der Waals surface area contributed by atoms with E-state index in [9.17, 15) is 0 Å². The van der Waals surface area contributed by atoms with Gasteiger partial charge in [0.15, 0.2) is 0 Å². The molecule has 172 valence electrons. The zero-order chi connectivity index (χ0) is 19.8. The first-order chi connectivity index (χ1) is 13.3. The number of hydrogen-bond donors (Lipinski definition) is 1. The molecule has 0 aliphatic rings. The highest BCUT2D eigenvalue weighted by atomic mass is 31.1. The predicted octanol–water partition coefficient (Wildman–Crippen LogP) is 10.5. The molecule has 3 N–H and O–H groups in total. The van der Waals surface area contributed by atoms with Crippen LogP contribution in [0.15, 0.2) is 0 Å². The van der Waals surface area contributed by atoms with Crippen LogP contribution in [0.25, 0.3) is 0 Å². The van der Waals surface area contributed by atoms with Crippen molar-refractivity contribution in [3.63, 3.8) is 0 Å². The predicted molar refractivity (Wildman–Crippen MR) is 136 cm³/mol. The van der Waals surface area contributed by atoms with Gasteiger partial charge in [0.25, 0.3) is 0 Å². The third kappa shape index (κ3) is 24.4. The summed E-state index contributed by atoms with van der Waals surface area (Å²) in [6.07, 6.45) is 34.3. The standard InChI is InChI=1S/C26H55P.H3N/c1-4-7-10-13-16-17-20-23-26-27(24-21-18-14-11-8-5-2)25-22-19-15-12-9-6-3;/h4-26H2,1-3H3;1H3. The average Bonchev–Trinajstić information content (AvgIpc) is 2.68. The molecule has 0 aliphatic heterocycles. The van der Waals surface area contributed by atoms with E-state index in [1.807, 2.05) is 0 Å². The van der Waals surface area contributed by atoms with Crippen LogP contribution in [0.2, 0.25) is 0 Å². The molecule has 0 saturated heterocycles. The number of unbranched alkanes of at least 4 members (excludes halogenated alkanes) is 17. The summed E-state index contributed by atoms with van der Waals surface area (Å²) in [5.74, 6) is 0. The summed E-state index contributed by atoms with van der Waals surface area (Å²) in [6.45, 7) is 6.96. The van der Waals surface area contributed by atoms with Crippen LogP contribution >= 0.6 is 7.92 Å². The Labute approximate surface area is 181 Å². The van der Waals surface area contributed by atoms with Crippen LogP contribution in [0.4, 0.5) is 0 Å². The first-order valence-electron chi connectivity index (χ1n) is 13.1. The molecule has 0 aromatic carbocycles. The second kappa shape index (κ2) is 27.4. The SMILES string of the molecule is CCCCCCCCCCP(CCCCCCCC)CCCCCCCC.N. The largest absolute Gasteiger partial charge is 0.344 e. The Balaban J connectivity index is 0. The van der Waals surface area contributed by atoms with Crippen molar-refractivity contribution in [2.45, 2.75) is 149 Å². The summed E-state index contributed by atoms with van der Waals surface area (Å²) in [5.41, 5.74) is 0. The first-order valence-corrected chi connectivity index (χ1v) is 15.0. The fourth-order valence-corrected chi connectivity index (χ4v) is 6.72. The molecule has 0 rings (SSSR count). The van der Waals surface area contributed by atoms with Crippen molar-refractivity contribution < 1.29 is 0 Å². The van der Waals surface area contributed by atoms with E-state index in [1.54, 1.807) is 18.5 Å². The van der Waals surface area contributed by atoms with Crippen molar-refractivity contribution in [3.05, 3.63) is 0 Å². The zero-order valence-electron chi connectivity index (χ0n) is 20.4. The van der Waals surface area contributed by atoms with Crippen LogP contribution in [0.1, 0.15) is 149 Å². The molecular formula is C26H58NP. The van der Waals surface area contributed by atoms with Gasteiger partial charge in [0.1, 0.15) is 0 Å². The Morgan fingerprint density at radius 1 is 0.321 bits per heavy atom. The van der Waals surface area contributed by atoms with Gasteiger partial charge in [0.05, 0.1) is 0 Å². The molecular weight excluding hydrogens is 357 g/mol.